The van der Waals surface area contributed by atoms with Crippen molar-refractivity contribution >= 4 is 11.7 Å². The summed E-state index contributed by atoms with van der Waals surface area (Å²) < 4.78 is 5.37. The van der Waals surface area contributed by atoms with E-state index in [-0.39, 0.29) is 5.91 Å². The number of aryl methyl sites for hydroxylation is 1. The number of hydrogen-bond donors (Lipinski definition) is 1. The molecular weight excluding hydrogens is 302 g/mol. The fourth-order valence-electron chi connectivity index (χ4n) is 2.78. The highest BCUT2D eigenvalue weighted by Gasteiger charge is 2.13. The van der Waals surface area contributed by atoms with E-state index in [1.807, 2.05) is 43.3 Å². The van der Waals surface area contributed by atoms with Crippen LogP contribution >= 0.6 is 0 Å². The standard InChI is InChI=1S/C19H23N3O2/c1-15-4-2-3-5-17(15)13-19(23)21-14-16-6-7-20-18(12-16)22-8-10-24-11-9-22/h2-7,12H,8-11,13-14H2,1H3,(H,21,23). The first-order chi connectivity index (χ1) is 11.7. The summed E-state index contributed by atoms with van der Waals surface area (Å²) in [6.45, 7) is 5.73. The number of nitrogens with zero attached hydrogens (tertiary/aromatic N) is 2. The minimum absolute atomic E-state index is 0.0361. The molecule has 0 atom stereocenters. The van der Waals surface area contributed by atoms with Gasteiger partial charge >= 0.3 is 0 Å². The maximum absolute atomic E-state index is 12.2. The Hall–Kier alpha value is -2.40. The van der Waals surface area contributed by atoms with Gasteiger partial charge in [0.2, 0.25) is 5.91 Å². The smallest absolute Gasteiger partial charge is 0.224 e. The van der Waals surface area contributed by atoms with Crippen molar-refractivity contribution in [2.45, 2.75) is 19.9 Å². The fraction of sp³-hybridized carbons (Fsp3) is 0.368. The van der Waals surface area contributed by atoms with E-state index in [9.17, 15) is 4.79 Å². The second-order valence-corrected chi connectivity index (χ2v) is 6.00. The number of carbonyl (C=O) groups is 1. The first-order valence-electron chi connectivity index (χ1n) is 8.31. The van der Waals surface area contributed by atoms with Crippen molar-refractivity contribution in [3.05, 3.63) is 59.3 Å². The molecule has 2 aromatic rings. The van der Waals surface area contributed by atoms with Crippen molar-refractivity contribution in [1.29, 1.82) is 0 Å². The van der Waals surface area contributed by atoms with E-state index in [1.54, 1.807) is 6.20 Å². The van der Waals surface area contributed by atoms with Crippen LogP contribution < -0.4 is 10.2 Å². The van der Waals surface area contributed by atoms with Gasteiger partial charge < -0.3 is 15.0 Å². The Bertz CT molecular complexity index is 697. The predicted molar refractivity (Wildman–Crippen MR) is 94.0 cm³/mol. The summed E-state index contributed by atoms with van der Waals surface area (Å²) in [6.07, 6.45) is 2.21. The molecule has 0 unspecified atom stereocenters. The molecule has 1 fully saturated rings. The van der Waals surface area contributed by atoms with Crippen LogP contribution in [0, 0.1) is 6.92 Å². The third kappa shape index (κ3) is 4.32. The first-order valence-corrected chi connectivity index (χ1v) is 8.31. The number of anilines is 1. The lowest BCUT2D eigenvalue weighted by molar-refractivity contribution is -0.120. The number of rotatable bonds is 5. The van der Waals surface area contributed by atoms with E-state index in [0.29, 0.717) is 13.0 Å². The molecule has 24 heavy (non-hydrogen) atoms. The van der Waals surface area contributed by atoms with E-state index in [4.69, 9.17) is 4.74 Å². The molecule has 1 aliphatic rings. The van der Waals surface area contributed by atoms with Crippen LogP contribution in [0.3, 0.4) is 0 Å². The van der Waals surface area contributed by atoms with Gasteiger partial charge in [-0.25, -0.2) is 4.98 Å². The van der Waals surface area contributed by atoms with Crippen molar-refractivity contribution in [3.63, 3.8) is 0 Å². The lowest BCUT2D eigenvalue weighted by Crippen LogP contribution is -2.36. The number of nitrogens with one attached hydrogen (secondary N) is 1. The van der Waals surface area contributed by atoms with E-state index in [0.717, 1.165) is 48.8 Å². The van der Waals surface area contributed by atoms with Gasteiger partial charge in [-0.05, 0) is 35.7 Å². The molecule has 3 rings (SSSR count). The van der Waals surface area contributed by atoms with Crippen LogP contribution in [0.4, 0.5) is 5.82 Å². The van der Waals surface area contributed by atoms with Gasteiger partial charge in [-0.15, -0.1) is 0 Å². The Balaban J connectivity index is 1.56. The van der Waals surface area contributed by atoms with Crippen LogP contribution in [0.5, 0.6) is 0 Å². The SMILES string of the molecule is Cc1ccccc1CC(=O)NCc1ccnc(N2CCOCC2)c1. The molecular formula is C19H23N3O2. The zero-order valence-electron chi connectivity index (χ0n) is 14.0. The number of pyridine rings is 1. The van der Waals surface area contributed by atoms with Crippen molar-refractivity contribution in [3.8, 4) is 0 Å². The van der Waals surface area contributed by atoms with E-state index >= 15 is 0 Å². The lowest BCUT2D eigenvalue weighted by atomic mass is 10.1. The number of benzene rings is 1. The third-order valence-electron chi connectivity index (χ3n) is 4.25. The first kappa shape index (κ1) is 16.5. The van der Waals surface area contributed by atoms with Gasteiger partial charge in [0, 0.05) is 25.8 Å². The lowest BCUT2D eigenvalue weighted by Gasteiger charge is -2.28. The summed E-state index contributed by atoms with van der Waals surface area (Å²) in [5.41, 5.74) is 3.27. The molecule has 1 aromatic heterocycles. The van der Waals surface area contributed by atoms with Crippen LogP contribution in [0.25, 0.3) is 0 Å². The molecule has 1 N–H and O–H groups in total. The Morgan fingerprint density at radius 2 is 2.04 bits per heavy atom. The quantitative estimate of drug-likeness (QED) is 0.914. The molecule has 5 nitrogen and oxygen atoms in total. The summed E-state index contributed by atoms with van der Waals surface area (Å²) in [6, 6.07) is 12.0. The molecule has 5 heteroatoms. The molecule has 1 aromatic carbocycles. The van der Waals surface area contributed by atoms with Crippen molar-refractivity contribution in [2.75, 3.05) is 31.2 Å². The summed E-state index contributed by atoms with van der Waals surface area (Å²) in [4.78, 5) is 18.8. The Morgan fingerprint density at radius 1 is 1.25 bits per heavy atom. The minimum atomic E-state index is 0.0361. The molecule has 2 heterocycles. The Labute approximate surface area is 142 Å². The minimum Gasteiger partial charge on any atom is -0.378 e. The maximum Gasteiger partial charge on any atom is 0.224 e. The molecule has 0 bridgehead atoms. The van der Waals surface area contributed by atoms with Crippen LogP contribution in [-0.2, 0) is 22.5 Å². The number of carbonyl (C=O) groups excluding carboxylic acids is 1. The Kier molecular flexibility index (Phi) is 5.43. The Morgan fingerprint density at radius 3 is 2.83 bits per heavy atom. The second kappa shape index (κ2) is 7.93. The highest BCUT2D eigenvalue weighted by molar-refractivity contribution is 5.78. The van der Waals surface area contributed by atoms with Gasteiger partial charge in [0.25, 0.3) is 0 Å². The van der Waals surface area contributed by atoms with E-state index < -0.39 is 0 Å². The summed E-state index contributed by atoms with van der Waals surface area (Å²) >= 11 is 0. The van der Waals surface area contributed by atoms with Crippen molar-refractivity contribution in [2.24, 2.45) is 0 Å². The number of hydrogen-bond acceptors (Lipinski definition) is 4. The van der Waals surface area contributed by atoms with Gasteiger partial charge in [-0.3, -0.25) is 4.79 Å². The van der Waals surface area contributed by atoms with Crippen LogP contribution in [0.15, 0.2) is 42.6 Å². The average molecular weight is 325 g/mol. The third-order valence-corrected chi connectivity index (χ3v) is 4.25. The van der Waals surface area contributed by atoms with Gasteiger partial charge in [-0.2, -0.15) is 0 Å². The molecule has 1 amide bonds. The van der Waals surface area contributed by atoms with Gasteiger partial charge in [-0.1, -0.05) is 24.3 Å². The van der Waals surface area contributed by atoms with Gasteiger partial charge in [0.15, 0.2) is 0 Å². The van der Waals surface area contributed by atoms with Gasteiger partial charge in [0.05, 0.1) is 19.6 Å². The normalized spacial score (nSPS) is 14.5. The van der Waals surface area contributed by atoms with Gasteiger partial charge in [0.1, 0.15) is 5.82 Å². The molecule has 0 aliphatic carbocycles. The number of morpholine rings is 1. The topological polar surface area (TPSA) is 54.5 Å². The van der Waals surface area contributed by atoms with Crippen molar-refractivity contribution in [1.82, 2.24) is 10.3 Å². The molecule has 1 saturated heterocycles. The monoisotopic (exact) mass is 325 g/mol. The van der Waals surface area contributed by atoms with Crippen molar-refractivity contribution < 1.29 is 9.53 Å². The van der Waals surface area contributed by atoms with Crippen LogP contribution in [0.1, 0.15) is 16.7 Å². The number of aromatic nitrogens is 1. The number of amides is 1. The average Bonchev–Trinajstić information content (AvgIpc) is 2.63. The highest BCUT2D eigenvalue weighted by Crippen LogP contribution is 2.14. The zero-order valence-corrected chi connectivity index (χ0v) is 14.0. The molecule has 0 radical (unpaired) electrons. The molecule has 0 spiro atoms. The summed E-state index contributed by atoms with van der Waals surface area (Å²) in [5, 5.41) is 2.99. The fourth-order valence-corrected chi connectivity index (χ4v) is 2.78. The molecule has 1 aliphatic heterocycles. The van der Waals surface area contributed by atoms with E-state index in [2.05, 4.69) is 15.2 Å². The zero-order chi connectivity index (χ0) is 16.8. The maximum atomic E-state index is 12.2. The molecule has 0 saturated carbocycles. The second-order valence-electron chi connectivity index (χ2n) is 6.00. The highest BCUT2D eigenvalue weighted by atomic mass is 16.5. The molecule has 126 valence electrons. The van der Waals surface area contributed by atoms with Crippen LogP contribution in [-0.4, -0.2) is 37.2 Å². The predicted octanol–water partition coefficient (Wildman–Crippen LogP) is 2.09. The summed E-state index contributed by atoms with van der Waals surface area (Å²) in [7, 11) is 0. The largest absolute Gasteiger partial charge is 0.378 e. The summed E-state index contributed by atoms with van der Waals surface area (Å²) in [5.74, 6) is 0.984. The number of ether oxygens (including phenoxy) is 1. The van der Waals surface area contributed by atoms with E-state index in [1.165, 1.54) is 0 Å². The van der Waals surface area contributed by atoms with Crippen LogP contribution in [0.2, 0.25) is 0 Å².